The Kier molecular flexibility index (Phi) is 6.30. The van der Waals surface area contributed by atoms with Gasteiger partial charge in [-0.2, -0.15) is 0 Å². The molecule has 0 radical (unpaired) electrons. The van der Waals surface area contributed by atoms with Crippen LogP contribution in [-0.4, -0.2) is 105 Å². The monoisotopic (exact) mass is 339 g/mol. The van der Waals surface area contributed by atoms with Gasteiger partial charge in [-0.25, -0.2) is 0 Å². The molecule has 0 aliphatic carbocycles. The van der Waals surface area contributed by atoms with E-state index < -0.39 is 74.4 Å². The molecule has 0 aromatic rings. The van der Waals surface area contributed by atoms with Gasteiger partial charge in [0.05, 0.1) is 25.4 Å². The van der Waals surface area contributed by atoms with Crippen molar-refractivity contribution >= 4 is 0 Å². The van der Waals surface area contributed by atoms with Crippen molar-refractivity contribution in [3.63, 3.8) is 0 Å². The van der Waals surface area contributed by atoms with Gasteiger partial charge in [0.2, 0.25) is 0 Å². The van der Waals surface area contributed by atoms with Crippen molar-refractivity contribution in [3.8, 4) is 0 Å². The highest BCUT2D eigenvalue weighted by Gasteiger charge is 2.49. The molecule has 0 aromatic heterocycles. The molecule has 2 saturated heterocycles. The fourth-order valence-corrected chi connectivity index (χ4v) is 2.81. The van der Waals surface area contributed by atoms with E-state index in [0.29, 0.717) is 0 Å². The van der Waals surface area contributed by atoms with Crippen molar-refractivity contribution in [2.24, 2.45) is 5.73 Å². The van der Waals surface area contributed by atoms with Gasteiger partial charge in [-0.3, -0.25) is 0 Å². The van der Waals surface area contributed by atoms with Crippen LogP contribution in [0.3, 0.4) is 0 Å². The summed E-state index contributed by atoms with van der Waals surface area (Å²) in [5, 5.41) is 58.0. The molecule has 10 nitrogen and oxygen atoms in total. The second-order valence-electron chi connectivity index (χ2n) is 5.93. The number of hydrogen-bond acceptors (Lipinski definition) is 10. The molecule has 0 saturated carbocycles. The lowest BCUT2D eigenvalue weighted by Gasteiger charge is -2.46. The second-order valence-corrected chi connectivity index (χ2v) is 5.93. The highest BCUT2D eigenvalue weighted by molar-refractivity contribution is 4.96. The van der Waals surface area contributed by atoms with Crippen LogP contribution in [0.4, 0.5) is 0 Å². The molecular weight excluding hydrogens is 314 g/mol. The molecule has 0 aromatic carbocycles. The summed E-state index contributed by atoms with van der Waals surface area (Å²) in [6.07, 6.45) is -11.0. The lowest BCUT2D eigenvalue weighted by Crippen LogP contribution is -2.65. The highest BCUT2D eigenvalue weighted by atomic mass is 16.7. The van der Waals surface area contributed by atoms with E-state index in [4.69, 9.17) is 25.1 Å². The molecule has 23 heavy (non-hydrogen) atoms. The van der Waals surface area contributed by atoms with Crippen LogP contribution in [0.2, 0.25) is 0 Å². The summed E-state index contributed by atoms with van der Waals surface area (Å²) in [5.41, 5.74) is 5.93. The third kappa shape index (κ3) is 3.66. The van der Waals surface area contributed by atoms with Crippen LogP contribution in [0.1, 0.15) is 6.92 Å². The van der Waals surface area contributed by atoms with Crippen molar-refractivity contribution < 1.29 is 44.8 Å². The quantitative estimate of drug-likeness (QED) is 0.265. The third-order valence-corrected chi connectivity index (χ3v) is 4.35. The van der Waals surface area contributed by atoms with Gasteiger partial charge in [0, 0.05) is 0 Å². The molecule has 0 amide bonds. The zero-order valence-corrected chi connectivity index (χ0v) is 12.7. The minimum absolute atomic E-state index is 0.452. The molecule has 2 aliphatic heterocycles. The Labute approximate surface area is 133 Å². The largest absolute Gasteiger partial charge is 0.394 e. The Morgan fingerprint density at radius 3 is 2.00 bits per heavy atom. The first-order valence-electron chi connectivity index (χ1n) is 7.47. The molecular formula is C13H25NO9. The first-order chi connectivity index (χ1) is 10.8. The van der Waals surface area contributed by atoms with E-state index in [1.807, 2.05) is 0 Å². The van der Waals surface area contributed by atoms with Gasteiger partial charge in [-0.15, -0.1) is 0 Å². The van der Waals surface area contributed by atoms with Crippen LogP contribution >= 0.6 is 0 Å². The van der Waals surface area contributed by atoms with E-state index in [2.05, 4.69) is 0 Å². The predicted molar refractivity (Wildman–Crippen MR) is 74.0 cm³/mol. The summed E-state index contributed by atoms with van der Waals surface area (Å²) in [6.45, 7) is 0.596. The van der Waals surface area contributed by atoms with Crippen LogP contribution in [0, 0.1) is 0 Å². The maximum Gasteiger partial charge on any atom is 0.187 e. The summed E-state index contributed by atoms with van der Waals surface area (Å²) in [4.78, 5) is 0. The summed E-state index contributed by atoms with van der Waals surface area (Å²) in [5.74, 6) is 0. The van der Waals surface area contributed by atoms with Crippen LogP contribution in [0.5, 0.6) is 0 Å². The first-order valence-corrected chi connectivity index (χ1v) is 7.47. The fraction of sp³-hybridized carbons (Fsp3) is 1.00. The van der Waals surface area contributed by atoms with Gasteiger partial charge in [-0.1, -0.05) is 0 Å². The lowest BCUT2D eigenvalue weighted by atomic mass is 9.93. The van der Waals surface area contributed by atoms with Gasteiger partial charge < -0.3 is 50.6 Å². The fourth-order valence-electron chi connectivity index (χ4n) is 2.81. The average molecular weight is 339 g/mol. The first kappa shape index (κ1) is 18.9. The molecule has 2 fully saturated rings. The minimum Gasteiger partial charge on any atom is -0.394 e. The number of aliphatic hydroxyl groups excluding tert-OH is 6. The number of nitrogens with two attached hydrogens (primary N) is 1. The Bertz CT molecular complexity index is 384. The zero-order chi connectivity index (χ0) is 17.3. The molecule has 10 heteroatoms. The smallest absolute Gasteiger partial charge is 0.187 e. The molecule has 2 heterocycles. The second kappa shape index (κ2) is 7.66. The van der Waals surface area contributed by atoms with Crippen molar-refractivity contribution in [1.82, 2.24) is 0 Å². The SMILES string of the molecule is CC1OC(CO)C(O)C(OC2OC(CO)C(O)C(O)C2O)C1N. The Morgan fingerprint density at radius 1 is 0.870 bits per heavy atom. The summed E-state index contributed by atoms with van der Waals surface area (Å²) in [7, 11) is 0. The van der Waals surface area contributed by atoms with E-state index >= 15 is 0 Å². The van der Waals surface area contributed by atoms with E-state index in [1.54, 1.807) is 6.92 Å². The zero-order valence-electron chi connectivity index (χ0n) is 12.7. The molecule has 0 bridgehead atoms. The number of rotatable bonds is 4. The van der Waals surface area contributed by atoms with Crippen molar-refractivity contribution in [2.75, 3.05) is 13.2 Å². The molecule has 10 unspecified atom stereocenters. The molecule has 2 rings (SSSR count). The lowest BCUT2D eigenvalue weighted by molar-refractivity contribution is -0.330. The van der Waals surface area contributed by atoms with Crippen LogP contribution in [-0.2, 0) is 14.2 Å². The third-order valence-electron chi connectivity index (χ3n) is 4.35. The van der Waals surface area contributed by atoms with Crippen molar-refractivity contribution in [3.05, 3.63) is 0 Å². The maximum absolute atomic E-state index is 10.2. The van der Waals surface area contributed by atoms with Gasteiger partial charge >= 0.3 is 0 Å². The Balaban J connectivity index is 2.11. The van der Waals surface area contributed by atoms with E-state index in [1.165, 1.54) is 0 Å². The number of ether oxygens (including phenoxy) is 3. The van der Waals surface area contributed by atoms with Crippen molar-refractivity contribution in [2.45, 2.75) is 68.1 Å². The van der Waals surface area contributed by atoms with Gasteiger partial charge in [-0.05, 0) is 6.92 Å². The van der Waals surface area contributed by atoms with Crippen molar-refractivity contribution in [1.29, 1.82) is 0 Å². The topological polar surface area (TPSA) is 175 Å². The highest BCUT2D eigenvalue weighted by Crippen LogP contribution is 2.28. The van der Waals surface area contributed by atoms with E-state index in [9.17, 15) is 25.5 Å². The van der Waals surface area contributed by atoms with Gasteiger partial charge in [0.25, 0.3) is 0 Å². The van der Waals surface area contributed by atoms with E-state index in [-0.39, 0.29) is 0 Å². The normalized spacial score (nSPS) is 51.7. The van der Waals surface area contributed by atoms with Crippen LogP contribution in [0.25, 0.3) is 0 Å². The molecule has 0 spiro atoms. The molecule has 136 valence electrons. The van der Waals surface area contributed by atoms with Gasteiger partial charge in [0.1, 0.15) is 42.7 Å². The summed E-state index contributed by atoms with van der Waals surface area (Å²) in [6, 6.07) is -0.778. The average Bonchev–Trinajstić information content (AvgIpc) is 2.54. The summed E-state index contributed by atoms with van der Waals surface area (Å²) >= 11 is 0. The number of hydrogen-bond donors (Lipinski definition) is 7. The van der Waals surface area contributed by atoms with Crippen LogP contribution < -0.4 is 5.73 Å². The molecule has 8 N–H and O–H groups in total. The Morgan fingerprint density at radius 2 is 1.43 bits per heavy atom. The molecule has 10 atom stereocenters. The van der Waals surface area contributed by atoms with Crippen LogP contribution in [0.15, 0.2) is 0 Å². The minimum atomic E-state index is -1.60. The van der Waals surface area contributed by atoms with Gasteiger partial charge in [0.15, 0.2) is 6.29 Å². The summed E-state index contributed by atoms with van der Waals surface area (Å²) < 4.78 is 16.1. The Hall–Kier alpha value is -0.400. The standard InChI is InChI=1S/C13H25NO9/c1-4-7(14)12(9(18)6(3-16)21-4)23-13-11(20)10(19)8(17)5(2-15)22-13/h4-13,15-20H,2-3,14H2,1H3. The number of aliphatic hydroxyl groups is 6. The predicted octanol–water partition coefficient (Wildman–Crippen LogP) is -4.36. The molecule has 2 aliphatic rings. The maximum atomic E-state index is 10.2. The van der Waals surface area contributed by atoms with E-state index in [0.717, 1.165) is 0 Å².